The van der Waals surface area contributed by atoms with Gasteiger partial charge in [-0.3, -0.25) is 0 Å². The van der Waals surface area contributed by atoms with E-state index in [0.29, 0.717) is 6.61 Å². The molecule has 0 atom stereocenters. The van der Waals surface area contributed by atoms with Gasteiger partial charge in [-0.15, -0.1) is 11.3 Å². The Hall–Kier alpha value is -1.39. The predicted molar refractivity (Wildman–Crippen MR) is 84.4 cm³/mol. The van der Waals surface area contributed by atoms with E-state index in [-0.39, 0.29) is 0 Å². The molecule has 0 amide bonds. The number of aromatic nitrogens is 1. The summed E-state index contributed by atoms with van der Waals surface area (Å²) in [7, 11) is 0. The molecule has 0 unspecified atom stereocenters. The summed E-state index contributed by atoms with van der Waals surface area (Å²) in [6.45, 7) is 8.82. The second-order valence-electron chi connectivity index (χ2n) is 4.95. The van der Waals surface area contributed by atoms with E-state index in [9.17, 15) is 0 Å². The summed E-state index contributed by atoms with van der Waals surface area (Å²) in [5.41, 5.74) is 2.43. The fourth-order valence-corrected chi connectivity index (χ4v) is 2.79. The van der Waals surface area contributed by atoms with Gasteiger partial charge < -0.3 is 10.1 Å². The van der Waals surface area contributed by atoms with E-state index in [1.54, 1.807) is 11.3 Å². The molecule has 0 radical (unpaired) electrons. The summed E-state index contributed by atoms with van der Waals surface area (Å²) in [4.78, 5) is 5.67. The Morgan fingerprint density at radius 1 is 1.30 bits per heavy atom. The maximum absolute atomic E-state index is 5.84. The number of hydrogen-bond acceptors (Lipinski definition) is 4. The number of benzene rings is 1. The zero-order valence-corrected chi connectivity index (χ0v) is 13.2. The van der Waals surface area contributed by atoms with Crippen LogP contribution in [-0.4, -0.2) is 11.5 Å². The minimum atomic E-state index is 0.544. The summed E-state index contributed by atoms with van der Waals surface area (Å²) < 4.78 is 5.84. The smallest absolute Gasteiger partial charge is 0.140 e. The van der Waals surface area contributed by atoms with E-state index in [0.717, 1.165) is 30.3 Å². The number of hydrogen-bond donors (Lipinski definition) is 1. The van der Waals surface area contributed by atoms with Crippen LogP contribution in [-0.2, 0) is 13.2 Å². The van der Waals surface area contributed by atoms with E-state index in [1.165, 1.54) is 16.0 Å². The second-order valence-corrected chi connectivity index (χ2v) is 6.15. The minimum absolute atomic E-state index is 0.544. The lowest BCUT2D eigenvalue weighted by atomic mass is 10.1. The van der Waals surface area contributed by atoms with Gasteiger partial charge in [-0.05, 0) is 38.4 Å². The van der Waals surface area contributed by atoms with E-state index >= 15 is 0 Å². The molecular formula is C16H22N2OS. The highest BCUT2D eigenvalue weighted by atomic mass is 32.1. The molecule has 2 aromatic rings. The summed E-state index contributed by atoms with van der Waals surface area (Å²) in [6.07, 6.45) is 3.09. The predicted octanol–water partition coefficient (Wildman–Crippen LogP) is 3.84. The van der Waals surface area contributed by atoms with Crippen LogP contribution in [0.4, 0.5) is 0 Å². The van der Waals surface area contributed by atoms with Gasteiger partial charge >= 0.3 is 0 Å². The normalized spacial score (nSPS) is 10.8. The molecule has 4 heteroatoms. The molecule has 1 N–H and O–H groups in total. The van der Waals surface area contributed by atoms with Crippen molar-refractivity contribution in [3.8, 4) is 5.75 Å². The van der Waals surface area contributed by atoms with Gasteiger partial charge in [-0.1, -0.05) is 24.6 Å². The van der Waals surface area contributed by atoms with Gasteiger partial charge in [0.1, 0.15) is 17.4 Å². The van der Waals surface area contributed by atoms with Crippen LogP contribution in [0.2, 0.25) is 0 Å². The molecule has 2 rings (SSSR count). The third-order valence-corrected chi connectivity index (χ3v) is 3.98. The topological polar surface area (TPSA) is 34.2 Å². The molecular weight excluding hydrogens is 268 g/mol. The fraction of sp³-hybridized carbons (Fsp3) is 0.438. The van der Waals surface area contributed by atoms with Crippen molar-refractivity contribution < 1.29 is 4.74 Å². The van der Waals surface area contributed by atoms with Crippen LogP contribution in [0.5, 0.6) is 5.75 Å². The first-order valence-corrected chi connectivity index (χ1v) is 7.85. The van der Waals surface area contributed by atoms with Crippen molar-refractivity contribution in [2.24, 2.45) is 0 Å². The van der Waals surface area contributed by atoms with Gasteiger partial charge in [0.2, 0.25) is 0 Å². The van der Waals surface area contributed by atoms with Gasteiger partial charge in [0.25, 0.3) is 0 Å². The molecule has 0 aliphatic carbocycles. The Morgan fingerprint density at radius 3 is 2.90 bits per heavy atom. The number of ether oxygens (including phenoxy) is 1. The van der Waals surface area contributed by atoms with Crippen molar-refractivity contribution in [1.82, 2.24) is 10.3 Å². The molecule has 3 nitrogen and oxygen atoms in total. The van der Waals surface area contributed by atoms with Crippen LogP contribution < -0.4 is 10.1 Å². The molecule has 0 saturated heterocycles. The van der Waals surface area contributed by atoms with Crippen LogP contribution in [0, 0.1) is 13.8 Å². The lowest BCUT2D eigenvalue weighted by Gasteiger charge is -2.08. The summed E-state index contributed by atoms with van der Waals surface area (Å²) >= 11 is 1.71. The molecule has 0 spiro atoms. The first-order chi connectivity index (χ1) is 9.69. The average molecular weight is 290 g/mol. The fourth-order valence-electron chi connectivity index (χ4n) is 1.99. The molecule has 0 aliphatic rings. The van der Waals surface area contributed by atoms with Crippen molar-refractivity contribution in [3.05, 3.63) is 45.4 Å². The Balaban J connectivity index is 1.87. The average Bonchev–Trinajstić information content (AvgIpc) is 2.86. The number of thiazole rings is 1. The van der Waals surface area contributed by atoms with Crippen molar-refractivity contribution in [3.63, 3.8) is 0 Å². The molecule has 1 aromatic heterocycles. The van der Waals surface area contributed by atoms with E-state index in [1.807, 2.05) is 12.3 Å². The van der Waals surface area contributed by atoms with Crippen LogP contribution >= 0.6 is 11.3 Å². The lowest BCUT2D eigenvalue weighted by Crippen LogP contribution is -2.12. The Labute approximate surface area is 125 Å². The van der Waals surface area contributed by atoms with Crippen LogP contribution in [0.25, 0.3) is 0 Å². The molecule has 1 aromatic carbocycles. The van der Waals surface area contributed by atoms with Crippen molar-refractivity contribution in [1.29, 1.82) is 0 Å². The molecule has 0 saturated carbocycles. The quantitative estimate of drug-likeness (QED) is 0.787. The van der Waals surface area contributed by atoms with Crippen molar-refractivity contribution >= 4 is 11.3 Å². The first-order valence-electron chi connectivity index (χ1n) is 7.03. The highest BCUT2D eigenvalue weighted by Gasteiger charge is 2.04. The maximum atomic E-state index is 5.84. The Morgan fingerprint density at radius 2 is 2.15 bits per heavy atom. The summed E-state index contributed by atoms with van der Waals surface area (Å²) in [5.74, 6) is 0.941. The molecule has 0 fully saturated rings. The van der Waals surface area contributed by atoms with Gasteiger partial charge in [-0.2, -0.15) is 0 Å². The molecule has 1 heterocycles. The van der Waals surface area contributed by atoms with Gasteiger partial charge in [0.05, 0.1) is 0 Å². The maximum Gasteiger partial charge on any atom is 0.140 e. The van der Waals surface area contributed by atoms with Gasteiger partial charge in [-0.25, -0.2) is 4.98 Å². The number of nitrogens with zero attached hydrogens (tertiary/aromatic N) is 1. The molecule has 108 valence electrons. The van der Waals surface area contributed by atoms with Crippen LogP contribution in [0.1, 0.15) is 34.4 Å². The largest absolute Gasteiger partial charge is 0.486 e. The number of rotatable bonds is 7. The lowest BCUT2D eigenvalue weighted by molar-refractivity contribution is 0.303. The van der Waals surface area contributed by atoms with Crippen molar-refractivity contribution in [2.75, 3.05) is 6.54 Å². The zero-order chi connectivity index (χ0) is 14.4. The van der Waals surface area contributed by atoms with Crippen molar-refractivity contribution in [2.45, 2.75) is 40.3 Å². The van der Waals surface area contributed by atoms with Gasteiger partial charge in [0.15, 0.2) is 0 Å². The second kappa shape index (κ2) is 7.41. The molecule has 20 heavy (non-hydrogen) atoms. The Kier molecular flexibility index (Phi) is 5.56. The SMILES string of the molecule is CCCNCc1cnc(COc2ccc(C)cc2C)s1. The standard InChI is InChI=1S/C16H22N2OS/c1-4-7-17-9-14-10-18-16(20-14)11-19-15-6-5-12(2)8-13(15)3/h5-6,8,10,17H,4,7,9,11H2,1-3H3. The first kappa shape index (κ1) is 15.0. The number of aryl methyl sites for hydroxylation is 2. The highest BCUT2D eigenvalue weighted by molar-refractivity contribution is 7.11. The van der Waals surface area contributed by atoms with Gasteiger partial charge in [0, 0.05) is 17.6 Å². The Bertz CT molecular complexity index is 551. The van der Waals surface area contributed by atoms with Crippen LogP contribution in [0.15, 0.2) is 24.4 Å². The number of nitrogens with one attached hydrogen (secondary N) is 1. The van der Waals surface area contributed by atoms with Crippen LogP contribution in [0.3, 0.4) is 0 Å². The zero-order valence-electron chi connectivity index (χ0n) is 12.4. The summed E-state index contributed by atoms with van der Waals surface area (Å²) in [6, 6.07) is 6.24. The minimum Gasteiger partial charge on any atom is -0.486 e. The summed E-state index contributed by atoms with van der Waals surface area (Å²) in [5, 5.41) is 4.41. The third-order valence-electron chi connectivity index (χ3n) is 3.01. The molecule has 0 aliphatic heterocycles. The molecule has 0 bridgehead atoms. The van der Waals surface area contributed by atoms with E-state index < -0.39 is 0 Å². The monoisotopic (exact) mass is 290 g/mol. The van der Waals surface area contributed by atoms with E-state index in [2.05, 4.69) is 43.2 Å². The van der Waals surface area contributed by atoms with E-state index in [4.69, 9.17) is 4.74 Å². The third kappa shape index (κ3) is 4.32. The highest BCUT2D eigenvalue weighted by Crippen LogP contribution is 2.21.